The smallest absolute Gasteiger partial charge is 0.100 e. The van der Waals surface area contributed by atoms with Crippen molar-refractivity contribution in [2.24, 2.45) is 10.9 Å². The largest absolute Gasteiger partial charge is 0.280 e. The quantitative estimate of drug-likeness (QED) is 0.632. The van der Waals surface area contributed by atoms with Gasteiger partial charge in [0.25, 0.3) is 0 Å². The number of fused-ring (bicyclic) bond motifs is 2. The van der Waals surface area contributed by atoms with Gasteiger partial charge in [0.05, 0.1) is 5.69 Å². The molecule has 0 spiro atoms. The summed E-state index contributed by atoms with van der Waals surface area (Å²) in [5, 5.41) is 0. The van der Waals surface area contributed by atoms with Crippen LogP contribution in [0, 0.1) is 5.92 Å². The van der Waals surface area contributed by atoms with E-state index < -0.39 is 0 Å². The zero-order valence-electron chi connectivity index (χ0n) is 17.3. The average Bonchev–Trinajstić information content (AvgIpc) is 2.87. The normalized spacial score (nSPS) is 24.1. The molecule has 3 heterocycles. The number of aliphatic imine (C=N–C) groups is 1. The third-order valence-corrected chi connectivity index (χ3v) is 6.78. The summed E-state index contributed by atoms with van der Waals surface area (Å²) in [7, 11) is 0. The molecular weight excluding hydrogens is 390 g/mol. The molecule has 0 saturated heterocycles. The Kier molecular flexibility index (Phi) is 3.67. The van der Waals surface area contributed by atoms with E-state index in [1.54, 1.807) is 6.20 Å². The zero-order chi connectivity index (χ0) is 21.1. The van der Waals surface area contributed by atoms with Gasteiger partial charge in [-0.25, -0.2) is 0 Å². The van der Waals surface area contributed by atoms with Crippen LogP contribution in [0.3, 0.4) is 0 Å². The lowest BCUT2D eigenvalue weighted by molar-refractivity contribution is 0.785. The van der Waals surface area contributed by atoms with Crippen LogP contribution in [-0.2, 0) is 0 Å². The topological polar surface area (TPSA) is 38.1 Å². The van der Waals surface area contributed by atoms with Crippen LogP contribution >= 0.6 is 0 Å². The fourth-order valence-corrected chi connectivity index (χ4v) is 5.30. The monoisotopic (exact) mass is 409 g/mol. The van der Waals surface area contributed by atoms with Crippen LogP contribution < -0.4 is 0 Å². The third-order valence-electron chi connectivity index (χ3n) is 6.78. The van der Waals surface area contributed by atoms with Gasteiger partial charge >= 0.3 is 0 Å². The van der Waals surface area contributed by atoms with Crippen LogP contribution in [0.5, 0.6) is 0 Å². The van der Waals surface area contributed by atoms with Crippen molar-refractivity contribution in [3.8, 4) is 11.1 Å². The number of rotatable bonds is 2. The van der Waals surface area contributed by atoms with E-state index in [1.807, 2.05) is 30.8 Å². The minimum absolute atomic E-state index is 0.107. The first-order chi connectivity index (χ1) is 15.9. The highest BCUT2D eigenvalue weighted by molar-refractivity contribution is 5.86. The molecule has 5 aliphatic rings. The van der Waals surface area contributed by atoms with Crippen molar-refractivity contribution in [2.45, 2.75) is 6.04 Å². The highest BCUT2D eigenvalue weighted by atomic mass is 14.8. The van der Waals surface area contributed by atoms with Crippen LogP contribution in [0.1, 0.15) is 5.69 Å². The third kappa shape index (κ3) is 2.51. The molecular formula is C29H19N3. The molecule has 4 aliphatic carbocycles. The number of hydrogen-bond acceptors (Lipinski definition) is 3. The van der Waals surface area contributed by atoms with Gasteiger partial charge in [-0.1, -0.05) is 54.7 Å². The Morgan fingerprint density at radius 1 is 0.812 bits per heavy atom. The molecule has 2 aromatic rings. The molecule has 2 atom stereocenters. The second-order valence-electron chi connectivity index (χ2n) is 8.50. The number of nitrogens with zero attached hydrogens (tertiary/aromatic N) is 3. The van der Waals surface area contributed by atoms with Gasteiger partial charge in [0.1, 0.15) is 6.04 Å². The second-order valence-corrected chi connectivity index (χ2v) is 8.50. The van der Waals surface area contributed by atoms with Gasteiger partial charge in [-0.05, 0) is 57.7 Å². The van der Waals surface area contributed by atoms with Crippen molar-refractivity contribution in [1.82, 2.24) is 9.97 Å². The molecule has 7 rings (SSSR count). The Hall–Kier alpha value is -4.11. The molecule has 0 radical (unpaired) electrons. The molecule has 0 aromatic carbocycles. The van der Waals surface area contributed by atoms with E-state index in [1.165, 1.54) is 39.0 Å². The molecule has 0 bridgehead atoms. The van der Waals surface area contributed by atoms with E-state index in [0.29, 0.717) is 0 Å². The zero-order valence-corrected chi connectivity index (χ0v) is 17.3. The maximum atomic E-state index is 4.84. The molecule has 0 fully saturated rings. The van der Waals surface area contributed by atoms with Crippen LogP contribution in [0.2, 0.25) is 0 Å². The Bertz CT molecular complexity index is 1440. The maximum absolute atomic E-state index is 4.84. The predicted molar refractivity (Wildman–Crippen MR) is 129 cm³/mol. The van der Waals surface area contributed by atoms with Gasteiger partial charge in [0.15, 0.2) is 0 Å². The van der Waals surface area contributed by atoms with Crippen molar-refractivity contribution in [3.63, 3.8) is 0 Å². The lowest BCUT2D eigenvalue weighted by Crippen LogP contribution is -2.29. The summed E-state index contributed by atoms with van der Waals surface area (Å²) < 4.78 is 0. The minimum atomic E-state index is 0.107. The SMILES string of the molecule is C1=CC2=CC3=C4C(=CC=C5C=CC(c6ccc(-c7cccnc7)cn6)=C(C=C3)C54)C2N=C1. The molecule has 0 N–H and O–H groups in total. The highest BCUT2D eigenvalue weighted by Gasteiger charge is 2.38. The van der Waals surface area contributed by atoms with Crippen LogP contribution in [0.4, 0.5) is 0 Å². The average molecular weight is 409 g/mol. The van der Waals surface area contributed by atoms with E-state index in [4.69, 9.17) is 9.98 Å². The summed E-state index contributed by atoms with van der Waals surface area (Å²) in [4.78, 5) is 13.8. The summed E-state index contributed by atoms with van der Waals surface area (Å²) >= 11 is 0. The van der Waals surface area contributed by atoms with E-state index in [9.17, 15) is 0 Å². The minimum Gasteiger partial charge on any atom is -0.280 e. The molecule has 2 aromatic heterocycles. The van der Waals surface area contributed by atoms with Gasteiger partial charge < -0.3 is 0 Å². The first kappa shape index (κ1) is 17.6. The van der Waals surface area contributed by atoms with Crippen LogP contribution in [-0.4, -0.2) is 22.2 Å². The molecule has 0 saturated carbocycles. The second kappa shape index (κ2) is 6.69. The summed E-state index contributed by atoms with van der Waals surface area (Å²) in [6.45, 7) is 0. The highest BCUT2D eigenvalue weighted by Crippen LogP contribution is 2.51. The fourth-order valence-electron chi connectivity index (χ4n) is 5.30. The van der Waals surface area contributed by atoms with Crippen molar-refractivity contribution in [3.05, 3.63) is 137 Å². The molecule has 3 heteroatoms. The molecule has 150 valence electrons. The lowest BCUT2D eigenvalue weighted by atomic mass is 9.65. The van der Waals surface area contributed by atoms with Crippen LogP contribution in [0.25, 0.3) is 16.7 Å². The Morgan fingerprint density at radius 2 is 1.78 bits per heavy atom. The van der Waals surface area contributed by atoms with E-state index in [2.05, 4.69) is 71.8 Å². The Morgan fingerprint density at radius 3 is 2.66 bits per heavy atom. The Balaban J connectivity index is 1.34. The van der Waals surface area contributed by atoms with Crippen molar-refractivity contribution < 1.29 is 0 Å². The van der Waals surface area contributed by atoms with E-state index in [-0.39, 0.29) is 12.0 Å². The summed E-state index contributed by atoms with van der Waals surface area (Å²) in [6.07, 6.45) is 27.6. The summed E-state index contributed by atoms with van der Waals surface area (Å²) in [6, 6.07) is 8.37. The first-order valence-corrected chi connectivity index (χ1v) is 10.9. The number of allylic oxidation sites excluding steroid dienone is 12. The number of aromatic nitrogens is 2. The molecule has 1 aliphatic heterocycles. The number of hydrogen-bond donors (Lipinski definition) is 0. The van der Waals surface area contributed by atoms with Gasteiger partial charge in [-0.3, -0.25) is 15.0 Å². The van der Waals surface area contributed by atoms with Crippen molar-refractivity contribution in [1.29, 1.82) is 0 Å². The van der Waals surface area contributed by atoms with E-state index in [0.717, 1.165) is 16.8 Å². The molecule has 3 nitrogen and oxygen atoms in total. The van der Waals surface area contributed by atoms with Crippen molar-refractivity contribution in [2.75, 3.05) is 0 Å². The summed E-state index contributed by atoms with van der Waals surface area (Å²) in [5.74, 6) is 0.244. The number of dihydropyridines is 1. The van der Waals surface area contributed by atoms with Gasteiger partial charge in [-0.15, -0.1) is 0 Å². The summed E-state index contributed by atoms with van der Waals surface area (Å²) in [5.41, 5.74) is 12.3. The van der Waals surface area contributed by atoms with Crippen LogP contribution in [0.15, 0.2) is 136 Å². The molecule has 32 heavy (non-hydrogen) atoms. The standard InChI is InChI=1S/C29H19N3/c1-4-21(16-30-13-1)22-8-12-26(32-17-22)23-9-5-18-6-11-25-28-19(7-10-24(23)27(18)28)15-20-3-2-14-31-29(20)25/h1-17,27,29H. The number of pyridine rings is 2. The van der Waals surface area contributed by atoms with Crippen molar-refractivity contribution >= 4 is 11.8 Å². The molecule has 0 amide bonds. The van der Waals surface area contributed by atoms with E-state index >= 15 is 0 Å². The maximum Gasteiger partial charge on any atom is 0.100 e. The van der Waals surface area contributed by atoms with Gasteiger partial charge in [-0.2, -0.15) is 0 Å². The van der Waals surface area contributed by atoms with Gasteiger partial charge in [0.2, 0.25) is 0 Å². The first-order valence-electron chi connectivity index (χ1n) is 10.9. The fraction of sp³-hybridized carbons (Fsp3) is 0.0690. The molecule has 2 unspecified atom stereocenters. The predicted octanol–water partition coefficient (Wildman–Crippen LogP) is 5.77. The lowest BCUT2D eigenvalue weighted by Gasteiger charge is -2.39. The van der Waals surface area contributed by atoms with Gasteiger partial charge in [0, 0.05) is 47.4 Å². The Labute approximate surface area is 186 Å².